The van der Waals surface area contributed by atoms with Gasteiger partial charge in [0.25, 0.3) is 0 Å². The van der Waals surface area contributed by atoms with Crippen molar-refractivity contribution in [1.82, 2.24) is 9.97 Å². The second kappa shape index (κ2) is 4.75. The molecule has 2 aromatic rings. The van der Waals surface area contributed by atoms with Crippen molar-refractivity contribution in [1.29, 1.82) is 0 Å². The predicted molar refractivity (Wildman–Crippen MR) is 72.1 cm³/mol. The van der Waals surface area contributed by atoms with Gasteiger partial charge in [-0.25, -0.2) is 4.98 Å². The number of rotatable bonds is 5. The molecule has 0 aliphatic heterocycles. The molecule has 17 heavy (non-hydrogen) atoms. The lowest BCUT2D eigenvalue weighted by Gasteiger charge is -2.26. The van der Waals surface area contributed by atoms with Gasteiger partial charge in [-0.2, -0.15) is 0 Å². The third-order valence-corrected chi connectivity index (χ3v) is 3.41. The van der Waals surface area contributed by atoms with Crippen LogP contribution >= 0.6 is 0 Å². The van der Waals surface area contributed by atoms with Crippen LogP contribution in [0.25, 0.3) is 11.0 Å². The first-order chi connectivity index (χ1) is 8.17. The minimum Gasteiger partial charge on any atom is -0.354 e. The molecular weight excluding hydrogens is 212 g/mol. The van der Waals surface area contributed by atoms with Crippen molar-refractivity contribution in [3.05, 3.63) is 24.3 Å². The zero-order valence-corrected chi connectivity index (χ0v) is 10.5. The number of anilines is 1. The number of aromatic amines is 1. The van der Waals surface area contributed by atoms with E-state index in [4.69, 9.17) is 5.73 Å². The van der Waals surface area contributed by atoms with Gasteiger partial charge in [-0.05, 0) is 25.0 Å². The number of benzene rings is 1. The molecule has 0 radical (unpaired) electrons. The molecule has 0 spiro atoms. The summed E-state index contributed by atoms with van der Waals surface area (Å²) in [5, 5.41) is 3.28. The van der Waals surface area contributed by atoms with Crippen LogP contribution in [0.1, 0.15) is 26.7 Å². The zero-order valence-electron chi connectivity index (χ0n) is 10.5. The number of nitrogens with zero attached hydrogens (tertiary/aromatic N) is 1. The lowest BCUT2D eigenvalue weighted by atomic mass is 9.94. The number of aromatic nitrogens is 2. The summed E-state index contributed by atoms with van der Waals surface area (Å²) in [6.45, 7) is 4.97. The first kappa shape index (κ1) is 11.9. The highest BCUT2D eigenvalue weighted by molar-refractivity contribution is 5.77. The molecular formula is C13H20N4. The Labute approximate surface area is 102 Å². The van der Waals surface area contributed by atoms with E-state index in [2.05, 4.69) is 29.1 Å². The summed E-state index contributed by atoms with van der Waals surface area (Å²) in [6.07, 6.45) is 1.91. The van der Waals surface area contributed by atoms with Gasteiger partial charge in [0.05, 0.1) is 11.0 Å². The van der Waals surface area contributed by atoms with Gasteiger partial charge in [-0.3, -0.25) is 0 Å². The lowest BCUT2D eigenvalue weighted by molar-refractivity contribution is 0.417. The monoisotopic (exact) mass is 232 g/mol. The molecule has 0 aliphatic carbocycles. The van der Waals surface area contributed by atoms with Crippen LogP contribution in [0.15, 0.2) is 24.3 Å². The topological polar surface area (TPSA) is 66.7 Å². The van der Waals surface area contributed by atoms with Gasteiger partial charge in [-0.15, -0.1) is 0 Å². The Morgan fingerprint density at radius 3 is 2.65 bits per heavy atom. The van der Waals surface area contributed by atoms with Crippen molar-refractivity contribution in [3.8, 4) is 0 Å². The molecule has 4 N–H and O–H groups in total. The zero-order chi connectivity index (χ0) is 12.3. The van der Waals surface area contributed by atoms with Gasteiger partial charge in [0.2, 0.25) is 5.95 Å². The van der Waals surface area contributed by atoms with Gasteiger partial charge in [-0.1, -0.05) is 26.0 Å². The van der Waals surface area contributed by atoms with Crippen molar-refractivity contribution < 1.29 is 0 Å². The second-order valence-corrected chi connectivity index (χ2v) is 4.53. The maximum absolute atomic E-state index is 6.23. The number of hydrogen-bond acceptors (Lipinski definition) is 3. The highest BCUT2D eigenvalue weighted by Gasteiger charge is 2.20. The molecule has 0 fully saturated rings. The smallest absolute Gasteiger partial charge is 0.201 e. The van der Waals surface area contributed by atoms with Crippen LogP contribution in [-0.2, 0) is 0 Å². The molecule has 2 rings (SSSR count). The van der Waals surface area contributed by atoms with Crippen molar-refractivity contribution in [2.45, 2.75) is 32.2 Å². The molecule has 0 atom stereocenters. The predicted octanol–water partition coefficient (Wildman–Crippen LogP) is 2.49. The number of fused-ring (bicyclic) bond motifs is 1. The molecule has 0 amide bonds. The van der Waals surface area contributed by atoms with E-state index in [1.165, 1.54) is 0 Å². The number of hydrogen-bond donors (Lipinski definition) is 3. The summed E-state index contributed by atoms with van der Waals surface area (Å²) < 4.78 is 0. The Bertz CT molecular complexity index is 452. The quantitative estimate of drug-likeness (QED) is 0.742. The van der Waals surface area contributed by atoms with Crippen LogP contribution in [0.3, 0.4) is 0 Å². The van der Waals surface area contributed by atoms with Gasteiger partial charge >= 0.3 is 0 Å². The molecule has 4 nitrogen and oxygen atoms in total. The van der Waals surface area contributed by atoms with E-state index < -0.39 is 0 Å². The Kier molecular flexibility index (Phi) is 3.33. The maximum Gasteiger partial charge on any atom is 0.201 e. The second-order valence-electron chi connectivity index (χ2n) is 4.53. The first-order valence-electron chi connectivity index (χ1n) is 6.14. The van der Waals surface area contributed by atoms with E-state index in [0.29, 0.717) is 0 Å². The van der Waals surface area contributed by atoms with E-state index in [1.807, 2.05) is 24.3 Å². The van der Waals surface area contributed by atoms with Gasteiger partial charge in [0.1, 0.15) is 0 Å². The van der Waals surface area contributed by atoms with Crippen molar-refractivity contribution >= 4 is 17.0 Å². The summed E-state index contributed by atoms with van der Waals surface area (Å²) in [5.74, 6) is 0.794. The minimum absolute atomic E-state index is 0.154. The largest absolute Gasteiger partial charge is 0.354 e. The van der Waals surface area contributed by atoms with E-state index in [1.54, 1.807) is 0 Å². The highest BCUT2D eigenvalue weighted by Crippen LogP contribution is 2.16. The SMILES string of the molecule is CCC(N)(CC)CNc1nc2ccccc2[nH]1. The molecule has 4 heteroatoms. The summed E-state index contributed by atoms with van der Waals surface area (Å²) >= 11 is 0. The van der Waals surface area contributed by atoms with Gasteiger partial charge < -0.3 is 16.0 Å². The fraction of sp³-hybridized carbons (Fsp3) is 0.462. The average molecular weight is 232 g/mol. The summed E-state index contributed by atoms with van der Waals surface area (Å²) in [5.41, 5.74) is 8.10. The summed E-state index contributed by atoms with van der Waals surface area (Å²) in [7, 11) is 0. The van der Waals surface area contributed by atoms with Crippen LogP contribution < -0.4 is 11.1 Å². The van der Waals surface area contributed by atoms with Crippen LogP contribution in [-0.4, -0.2) is 22.1 Å². The van der Waals surface area contributed by atoms with E-state index in [0.717, 1.165) is 36.4 Å². The fourth-order valence-corrected chi connectivity index (χ4v) is 1.80. The number of imidazole rings is 1. The molecule has 1 aromatic carbocycles. The van der Waals surface area contributed by atoms with E-state index in [-0.39, 0.29) is 5.54 Å². The number of nitrogens with one attached hydrogen (secondary N) is 2. The van der Waals surface area contributed by atoms with Crippen LogP contribution in [0.5, 0.6) is 0 Å². The molecule has 0 saturated heterocycles. The number of nitrogens with two attached hydrogens (primary N) is 1. The first-order valence-corrected chi connectivity index (χ1v) is 6.14. The van der Waals surface area contributed by atoms with Crippen molar-refractivity contribution in [2.24, 2.45) is 5.73 Å². The summed E-state index contributed by atoms with van der Waals surface area (Å²) in [6, 6.07) is 7.99. The van der Waals surface area contributed by atoms with Gasteiger partial charge in [0, 0.05) is 12.1 Å². The highest BCUT2D eigenvalue weighted by atomic mass is 15.1. The van der Waals surface area contributed by atoms with Crippen molar-refractivity contribution in [3.63, 3.8) is 0 Å². The van der Waals surface area contributed by atoms with Gasteiger partial charge in [0.15, 0.2) is 0 Å². The maximum atomic E-state index is 6.23. The minimum atomic E-state index is -0.154. The van der Waals surface area contributed by atoms with Crippen LogP contribution in [0, 0.1) is 0 Å². The standard InChI is InChI=1S/C13H20N4/c1-3-13(14,4-2)9-15-12-16-10-7-5-6-8-11(10)17-12/h5-8H,3-4,9,14H2,1-2H3,(H2,15,16,17). The molecule has 92 valence electrons. The molecule has 0 saturated carbocycles. The summed E-state index contributed by atoms with van der Waals surface area (Å²) in [4.78, 5) is 7.70. The molecule has 0 aliphatic rings. The van der Waals surface area contributed by atoms with Crippen LogP contribution in [0.2, 0.25) is 0 Å². The fourth-order valence-electron chi connectivity index (χ4n) is 1.80. The average Bonchev–Trinajstić information content (AvgIpc) is 2.79. The number of H-pyrrole nitrogens is 1. The molecule has 0 unspecified atom stereocenters. The van der Waals surface area contributed by atoms with E-state index >= 15 is 0 Å². The van der Waals surface area contributed by atoms with E-state index in [9.17, 15) is 0 Å². The third kappa shape index (κ3) is 2.58. The molecule has 1 aromatic heterocycles. The van der Waals surface area contributed by atoms with Crippen molar-refractivity contribution in [2.75, 3.05) is 11.9 Å². The normalized spacial score (nSPS) is 11.9. The van der Waals surface area contributed by atoms with Crippen LogP contribution in [0.4, 0.5) is 5.95 Å². The molecule has 0 bridgehead atoms. The Morgan fingerprint density at radius 2 is 2.00 bits per heavy atom. The Balaban J connectivity index is 2.09. The Morgan fingerprint density at radius 1 is 1.29 bits per heavy atom. The number of para-hydroxylation sites is 2. The third-order valence-electron chi connectivity index (χ3n) is 3.41. The Hall–Kier alpha value is -1.55. The molecule has 1 heterocycles. The lowest BCUT2D eigenvalue weighted by Crippen LogP contribution is -2.45.